The van der Waals surface area contributed by atoms with Crippen LogP contribution in [0.25, 0.3) is 0 Å². The van der Waals surface area contributed by atoms with Gasteiger partial charge in [0, 0.05) is 30.2 Å². The van der Waals surface area contributed by atoms with Gasteiger partial charge in [0.25, 0.3) is 0 Å². The molecule has 0 N–H and O–H groups in total. The molecule has 1 aliphatic heterocycles. The fourth-order valence-corrected chi connectivity index (χ4v) is 1.56. The van der Waals surface area contributed by atoms with Gasteiger partial charge in [-0.2, -0.15) is 0 Å². The summed E-state index contributed by atoms with van der Waals surface area (Å²) in [6.07, 6.45) is 0. The van der Waals surface area contributed by atoms with Crippen molar-refractivity contribution in [3.8, 4) is 0 Å². The number of hydrogen-bond acceptors (Lipinski definition) is 2. The van der Waals surface area contributed by atoms with E-state index < -0.39 is 18.8 Å². The monoisotopic (exact) mass is 226 g/mol. The lowest BCUT2D eigenvalue weighted by atomic mass is 9.75. The second kappa shape index (κ2) is 4.15. The van der Waals surface area contributed by atoms with E-state index in [1.54, 1.807) is 0 Å². The minimum absolute atomic E-state index is 0.0625. The predicted octanol–water partition coefficient (Wildman–Crippen LogP) is 1.73. The summed E-state index contributed by atoms with van der Waals surface area (Å²) in [5.74, 6) is -1.23. The molecule has 0 atom stereocenters. The van der Waals surface area contributed by atoms with Gasteiger partial charge in [0.05, 0.1) is 0 Å². The van der Waals surface area contributed by atoms with Gasteiger partial charge in [-0.3, -0.25) is 0 Å². The molecule has 1 saturated heterocycles. The first-order valence-corrected chi connectivity index (χ1v) is 5.16. The fraction of sp³-hybridized carbons (Fsp3) is 0.455. The third-order valence-corrected chi connectivity index (χ3v) is 2.47. The number of benzene rings is 1. The van der Waals surface area contributed by atoms with E-state index in [9.17, 15) is 8.78 Å². The average Bonchev–Trinajstić information content (AvgIpc) is 2.19. The van der Waals surface area contributed by atoms with Crippen molar-refractivity contribution >= 4 is 12.6 Å². The Morgan fingerprint density at radius 2 is 1.81 bits per heavy atom. The van der Waals surface area contributed by atoms with Gasteiger partial charge in [0.2, 0.25) is 0 Å². The van der Waals surface area contributed by atoms with Crippen LogP contribution < -0.4 is 5.46 Å². The zero-order valence-electron chi connectivity index (χ0n) is 9.30. The van der Waals surface area contributed by atoms with Gasteiger partial charge in [-0.25, -0.2) is 8.78 Å². The Morgan fingerprint density at radius 3 is 2.38 bits per heavy atom. The van der Waals surface area contributed by atoms with Crippen LogP contribution in [0.1, 0.15) is 13.8 Å². The van der Waals surface area contributed by atoms with E-state index in [0.29, 0.717) is 13.2 Å². The number of halogens is 2. The summed E-state index contributed by atoms with van der Waals surface area (Å²) in [7, 11) is -0.728. The molecular weight excluding hydrogens is 213 g/mol. The standard InChI is InChI=1S/C11H13BF2O2/c1-11(2)6-15-12(16-7-11)9-4-3-8(13)5-10(9)14/h3-5H,6-7H2,1-2H3. The molecule has 86 valence electrons. The molecule has 16 heavy (non-hydrogen) atoms. The van der Waals surface area contributed by atoms with Crippen molar-refractivity contribution < 1.29 is 18.1 Å². The molecule has 0 spiro atoms. The van der Waals surface area contributed by atoms with Gasteiger partial charge in [-0.15, -0.1) is 0 Å². The summed E-state index contributed by atoms with van der Waals surface area (Å²) in [5, 5.41) is 0. The van der Waals surface area contributed by atoms with Crippen LogP contribution in [-0.2, 0) is 9.31 Å². The maximum Gasteiger partial charge on any atom is 0.496 e. The summed E-state index contributed by atoms with van der Waals surface area (Å²) in [6, 6.07) is 3.39. The molecule has 0 bridgehead atoms. The minimum atomic E-state index is -0.728. The second-order valence-electron chi connectivity index (χ2n) is 4.78. The third-order valence-electron chi connectivity index (χ3n) is 2.47. The van der Waals surface area contributed by atoms with Crippen molar-refractivity contribution in [1.29, 1.82) is 0 Å². The summed E-state index contributed by atoms with van der Waals surface area (Å²) < 4.78 is 37.0. The van der Waals surface area contributed by atoms with Crippen molar-refractivity contribution in [3.05, 3.63) is 29.8 Å². The zero-order chi connectivity index (χ0) is 11.8. The lowest BCUT2D eigenvalue weighted by molar-refractivity contribution is 0.0340. The van der Waals surface area contributed by atoms with Crippen LogP contribution >= 0.6 is 0 Å². The highest BCUT2D eigenvalue weighted by Gasteiger charge is 2.35. The largest absolute Gasteiger partial charge is 0.496 e. The second-order valence-corrected chi connectivity index (χ2v) is 4.78. The molecule has 2 rings (SSSR count). The number of hydrogen-bond donors (Lipinski definition) is 0. The lowest BCUT2D eigenvalue weighted by Gasteiger charge is -2.33. The van der Waals surface area contributed by atoms with E-state index in [2.05, 4.69) is 0 Å². The predicted molar refractivity (Wildman–Crippen MR) is 57.4 cm³/mol. The lowest BCUT2D eigenvalue weighted by Crippen LogP contribution is -2.48. The Balaban J connectivity index is 2.14. The summed E-state index contributed by atoms with van der Waals surface area (Å²) in [6.45, 7) is 5.00. The van der Waals surface area contributed by atoms with Gasteiger partial charge in [-0.05, 0) is 6.07 Å². The van der Waals surface area contributed by atoms with Crippen LogP contribution in [0.3, 0.4) is 0 Å². The van der Waals surface area contributed by atoms with Crippen LogP contribution in [0.4, 0.5) is 8.78 Å². The smallest absolute Gasteiger partial charge is 0.407 e. The fourth-order valence-electron chi connectivity index (χ4n) is 1.56. The summed E-state index contributed by atoms with van der Waals surface area (Å²) >= 11 is 0. The molecule has 0 amide bonds. The molecule has 2 nitrogen and oxygen atoms in total. The third kappa shape index (κ3) is 2.41. The molecule has 1 aromatic rings. The Morgan fingerprint density at radius 1 is 1.19 bits per heavy atom. The highest BCUT2D eigenvalue weighted by molar-refractivity contribution is 6.61. The Kier molecular flexibility index (Phi) is 2.99. The first-order valence-electron chi connectivity index (χ1n) is 5.16. The van der Waals surface area contributed by atoms with E-state index in [-0.39, 0.29) is 10.9 Å². The molecule has 1 fully saturated rings. The molecule has 0 radical (unpaired) electrons. The van der Waals surface area contributed by atoms with Crippen molar-refractivity contribution in [1.82, 2.24) is 0 Å². The van der Waals surface area contributed by atoms with Crippen molar-refractivity contribution in [2.45, 2.75) is 13.8 Å². The molecule has 0 aromatic heterocycles. The van der Waals surface area contributed by atoms with Crippen LogP contribution in [0.15, 0.2) is 18.2 Å². The SMILES string of the molecule is CC1(C)COB(c2ccc(F)cc2F)OC1. The average molecular weight is 226 g/mol. The maximum atomic E-state index is 13.4. The highest BCUT2D eigenvalue weighted by atomic mass is 19.1. The van der Waals surface area contributed by atoms with Crippen molar-refractivity contribution in [2.24, 2.45) is 5.41 Å². The van der Waals surface area contributed by atoms with Crippen LogP contribution in [0.5, 0.6) is 0 Å². The van der Waals surface area contributed by atoms with Crippen LogP contribution in [0, 0.1) is 17.0 Å². The van der Waals surface area contributed by atoms with E-state index in [0.717, 1.165) is 6.07 Å². The van der Waals surface area contributed by atoms with Gasteiger partial charge in [-0.1, -0.05) is 19.9 Å². The summed E-state index contributed by atoms with van der Waals surface area (Å²) in [5.41, 5.74) is 0.185. The molecule has 1 heterocycles. The van der Waals surface area contributed by atoms with E-state index in [1.807, 2.05) is 13.8 Å². The molecule has 0 unspecified atom stereocenters. The van der Waals surface area contributed by atoms with E-state index in [4.69, 9.17) is 9.31 Å². The maximum absolute atomic E-state index is 13.4. The van der Waals surface area contributed by atoms with Gasteiger partial charge in [0.1, 0.15) is 11.6 Å². The van der Waals surface area contributed by atoms with Crippen molar-refractivity contribution in [2.75, 3.05) is 13.2 Å². The zero-order valence-corrected chi connectivity index (χ0v) is 9.30. The quantitative estimate of drug-likeness (QED) is 0.679. The van der Waals surface area contributed by atoms with Crippen molar-refractivity contribution in [3.63, 3.8) is 0 Å². The van der Waals surface area contributed by atoms with E-state index in [1.165, 1.54) is 12.1 Å². The van der Waals surface area contributed by atoms with Gasteiger partial charge < -0.3 is 9.31 Å². The van der Waals surface area contributed by atoms with Gasteiger partial charge in [0.15, 0.2) is 0 Å². The first kappa shape index (κ1) is 11.5. The Labute approximate surface area is 93.7 Å². The Hall–Kier alpha value is -0.935. The normalized spacial score (nSPS) is 19.9. The summed E-state index contributed by atoms with van der Waals surface area (Å²) in [4.78, 5) is 0. The Bertz CT molecular complexity index is 386. The van der Waals surface area contributed by atoms with E-state index >= 15 is 0 Å². The molecule has 1 aromatic carbocycles. The topological polar surface area (TPSA) is 18.5 Å². The molecule has 5 heteroatoms. The minimum Gasteiger partial charge on any atom is -0.407 e. The highest BCUT2D eigenvalue weighted by Crippen LogP contribution is 2.21. The molecule has 0 saturated carbocycles. The van der Waals surface area contributed by atoms with Crippen LogP contribution in [-0.4, -0.2) is 20.3 Å². The molecular formula is C11H13BF2O2. The van der Waals surface area contributed by atoms with Gasteiger partial charge >= 0.3 is 7.12 Å². The van der Waals surface area contributed by atoms with Crippen LogP contribution in [0.2, 0.25) is 0 Å². The molecule has 0 aliphatic carbocycles. The first-order chi connectivity index (χ1) is 7.48. The number of rotatable bonds is 1. The molecule has 1 aliphatic rings.